The number of carbonyl (C=O) groups excluding carboxylic acids is 2. The molecular weight excluding hydrogens is 416 g/mol. The van der Waals surface area contributed by atoms with Crippen LogP contribution in [0.3, 0.4) is 0 Å². The summed E-state index contributed by atoms with van der Waals surface area (Å²) < 4.78 is 13.1. The lowest BCUT2D eigenvalue weighted by Crippen LogP contribution is -2.14. The van der Waals surface area contributed by atoms with E-state index in [2.05, 4.69) is 16.7 Å². The number of nitrogens with zero attached hydrogens (tertiary/aromatic N) is 1. The van der Waals surface area contributed by atoms with Gasteiger partial charge < -0.3 is 19.8 Å². The minimum atomic E-state index is -0.490. The molecular formula is C27H26N2O4. The van der Waals surface area contributed by atoms with E-state index in [9.17, 15) is 9.59 Å². The summed E-state index contributed by atoms with van der Waals surface area (Å²) in [5.74, 6) is -0.360. The van der Waals surface area contributed by atoms with Gasteiger partial charge in [-0.1, -0.05) is 36.4 Å². The molecule has 0 unspecified atom stereocenters. The third-order valence-corrected chi connectivity index (χ3v) is 6.46. The number of benzene rings is 3. The minimum absolute atomic E-state index is 0.200. The second-order valence-electron chi connectivity index (χ2n) is 8.44. The highest BCUT2D eigenvalue weighted by Crippen LogP contribution is 2.43. The SMILES string of the molecule is COC(=O)COc1cc2c(c3c1c1c(C(N)=O)cccc1n3Cc1ccccc1)CCCC2. The number of hydrogen-bond acceptors (Lipinski definition) is 4. The number of amides is 1. The van der Waals surface area contributed by atoms with E-state index in [1.54, 1.807) is 6.07 Å². The Morgan fingerprint density at radius 1 is 1.00 bits per heavy atom. The van der Waals surface area contributed by atoms with Crippen LogP contribution < -0.4 is 10.5 Å². The zero-order valence-corrected chi connectivity index (χ0v) is 18.6. The first-order valence-corrected chi connectivity index (χ1v) is 11.2. The van der Waals surface area contributed by atoms with E-state index >= 15 is 0 Å². The van der Waals surface area contributed by atoms with Crippen molar-refractivity contribution in [2.24, 2.45) is 5.73 Å². The number of rotatable bonds is 6. The molecule has 1 aliphatic carbocycles. The highest BCUT2D eigenvalue weighted by molar-refractivity contribution is 6.20. The maximum absolute atomic E-state index is 12.4. The number of methoxy groups -OCH3 is 1. The Bertz CT molecular complexity index is 1370. The molecule has 0 saturated carbocycles. The van der Waals surface area contributed by atoms with Gasteiger partial charge in [-0.15, -0.1) is 0 Å². The van der Waals surface area contributed by atoms with Crippen LogP contribution in [0.4, 0.5) is 0 Å². The molecule has 33 heavy (non-hydrogen) atoms. The molecule has 0 aliphatic heterocycles. The molecule has 0 bridgehead atoms. The Hall–Kier alpha value is -3.80. The Morgan fingerprint density at radius 2 is 1.79 bits per heavy atom. The molecule has 6 heteroatoms. The lowest BCUT2D eigenvalue weighted by atomic mass is 9.89. The maximum Gasteiger partial charge on any atom is 0.343 e. The number of fused-ring (bicyclic) bond motifs is 5. The molecule has 4 aromatic rings. The van der Waals surface area contributed by atoms with Crippen LogP contribution in [-0.4, -0.2) is 30.2 Å². The summed E-state index contributed by atoms with van der Waals surface area (Å²) in [6.45, 7) is 0.449. The highest BCUT2D eigenvalue weighted by Gasteiger charge is 2.25. The third-order valence-electron chi connectivity index (χ3n) is 6.46. The van der Waals surface area contributed by atoms with Crippen molar-refractivity contribution in [3.63, 3.8) is 0 Å². The van der Waals surface area contributed by atoms with Crippen LogP contribution in [0.15, 0.2) is 54.6 Å². The molecule has 3 aromatic carbocycles. The lowest BCUT2D eigenvalue weighted by molar-refractivity contribution is -0.142. The number of ether oxygens (including phenoxy) is 2. The largest absolute Gasteiger partial charge is 0.481 e. The van der Waals surface area contributed by atoms with Gasteiger partial charge in [0, 0.05) is 17.5 Å². The number of aryl methyl sites for hydroxylation is 2. The Labute approximate surface area is 191 Å². The van der Waals surface area contributed by atoms with Crippen LogP contribution in [0, 0.1) is 0 Å². The molecule has 168 valence electrons. The summed E-state index contributed by atoms with van der Waals surface area (Å²) in [5, 5.41) is 1.60. The van der Waals surface area contributed by atoms with E-state index in [1.807, 2.05) is 36.4 Å². The van der Waals surface area contributed by atoms with E-state index in [0.29, 0.717) is 17.9 Å². The van der Waals surface area contributed by atoms with Crippen LogP contribution in [0.2, 0.25) is 0 Å². The summed E-state index contributed by atoms with van der Waals surface area (Å²) in [6.07, 6.45) is 4.13. The molecule has 1 heterocycles. The topological polar surface area (TPSA) is 83.6 Å². The summed E-state index contributed by atoms with van der Waals surface area (Å²) in [5.41, 5.74) is 11.9. The second kappa shape index (κ2) is 8.62. The first-order valence-electron chi connectivity index (χ1n) is 11.2. The second-order valence-corrected chi connectivity index (χ2v) is 8.44. The first kappa shape index (κ1) is 21.1. The Morgan fingerprint density at radius 3 is 2.55 bits per heavy atom. The Kier molecular flexibility index (Phi) is 5.50. The molecule has 0 saturated heterocycles. The lowest BCUT2D eigenvalue weighted by Gasteiger charge is -2.21. The van der Waals surface area contributed by atoms with E-state index in [1.165, 1.54) is 18.2 Å². The monoisotopic (exact) mass is 442 g/mol. The molecule has 6 nitrogen and oxygen atoms in total. The summed E-state index contributed by atoms with van der Waals surface area (Å²) in [4.78, 5) is 24.3. The predicted molar refractivity (Wildman–Crippen MR) is 128 cm³/mol. The highest BCUT2D eigenvalue weighted by atomic mass is 16.6. The number of primary amides is 1. The molecule has 5 rings (SSSR count). The molecule has 2 N–H and O–H groups in total. The fraction of sp³-hybridized carbons (Fsp3) is 0.259. The van der Waals surface area contributed by atoms with Crippen LogP contribution >= 0.6 is 0 Å². The fourth-order valence-electron chi connectivity index (χ4n) is 4.99. The summed E-state index contributed by atoms with van der Waals surface area (Å²) in [7, 11) is 1.34. The third kappa shape index (κ3) is 3.71. The number of nitrogens with two attached hydrogens (primary N) is 1. The average Bonchev–Trinajstić information content (AvgIpc) is 3.17. The van der Waals surface area contributed by atoms with E-state index in [0.717, 1.165) is 53.1 Å². The summed E-state index contributed by atoms with van der Waals surface area (Å²) in [6, 6.07) is 17.9. The van der Waals surface area contributed by atoms with Gasteiger partial charge in [0.1, 0.15) is 5.75 Å². The first-order chi connectivity index (χ1) is 16.1. The van der Waals surface area contributed by atoms with Crippen molar-refractivity contribution in [3.05, 3.63) is 76.9 Å². The normalized spacial score (nSPS) is 13.1. The van der Waals surface area contributed by atoms with Crippen LogP contribution in [0.25, 0.3) is 21.8 Å². The van der Waals surface area contributed by atoms with Crippen molar-refractivity contribution in [2.75, 3.05) is 13.7 Å². The van der Waals surface area contributed by atoms with Crippen molar-refractivity contribution in [1.82, 2.24) is 4.57 Å². The molecule has 1 aliphatic rings. The van der Waals surface area contributed by atoms with Gasteiger partial charge >= 0.3 is 5.97 Å². The van der Waals surface area contributed by atoms with E-state index in [4.69, 9.17) is 15.2 Å². The molecule has 0 fully saturated rings. The average molecular weight is 443 g/mol. The van der Waals surface area contributed by atoms with Gasteiger partial charge in [0.25, 0.3) is 0 Å². The van der Waals surface area contributed by atoms with Gasteiger partial charge in [-0.2, -0.15) is 0 Å². The number of aromatic nitrogens is 1. The Balaban J connectivity index is 1.87. The van der Waals surface area contributed by atoms with Gasteiger partial charge in [0.05, 0.1) is 23.5 Å². The molecule has 0 spiro atoms. The van der Waals surface area contributed by atoms with Crippen molar-refractivity contribution < 1.29 is 19.1 Å². The van der Waals surface area contributed by atoms with Crippen LogP contribution in [0.5, 0.6) is 5.75 Å². The zero-order chi connectivity index (χ0) is 22.9. The van der Waals surface area contributed by atoms with Gasteiger partial charge in [-0.05, 0) is 60.6 Å². The molecule has 0 radical (unpaired) electrons. The standard InChI is InChI=1S/C27H26N2O4/c1-32-23(30)16-33-22-14-18-10-5-6-11-19(18)26-25(22)24-20(27(28)31)12-7-13-21(24)29(26)15-17-8-3-2-4-9-17/h2-4,7-9,12-14H,5-6,10-11,15-16H2,1H3,(H2,28,31). The number of esters is 1. The quantitative estimate of drug-likeness (QED) is 0.450. The molecule has 1 amide bonds. The van der Waals surface area contributed by atoms with Crippen molar-refractivity contribution in [2.45, 2.75) is 32.2 Å². The fourth-order valence-corrected chi connectivity index (χ4v) is 4.99. The van der Waals surface area contributed by atoms with Crippen molar-refractivity contribution >= 4 is 33.7 Å². The smallest absolute Gasteiger partial charge is 0.343 e. The van der Waals surface area contributed by atoms with Crippen LogP contribution in [-0.2, 0) is 28.9 Å². The van der Waals surface area contributed by atoms with Gasteiger partial charge in [0.15, 0.2) is 6.61 Å². The minimum Gasteiger partial charge on any atom is -0.481 e. The van der Waals surface area contributed by atoms with E-state index in [-0.39, 0.29) is 6.61 Å². The van der Waals surface area contributed by atoms with Crippen molar-refractivity contribution in [1.29, 1.82) is 0 Å². The summed E-state index contributed by atoms with van der Waals surface area (Å²) >= 11 is 0. The number of carbonyl (C=O) groups is 2. The maximum atomic E-state index is 12.4. The predicted octanol–water partition coefficient (Wildman–Crippen LogP) is 4.37. The van der Waals surface area contributed by atoms with Crippen molar-refractivity contribution in [3.8, 4) is 5.75 Å². The van der Waals surface area contributed by atoms with E-state index < -0.39 is 11.9 Å². The van der Waals surface area contributed by atoms with Gasteiger partial charge in [-0.3, -0.25) is 4.79 Å². The van der Waals surface area contributed by atoms with Crippen LogP contribution in [0.1, 0.15) is 39.9 Å². The molecule has 1 aromatic heterocycles. The number of hydrogen-bond donors (Lipinski definition) is 1. The van der Waals surface area contributed by atoms with Gasteiger partial charge in [0.2, 0.25) is 5.91 Å². The zero-order valence-electron chi connectivity index (χ0n) is 18.6. The van der Waals surface area contributed by atoms with Gasteiger partial charge in [-0.25, -0.2) is 4.79 Å². The molecule has 0 atom stereocenters.